The van der Waals surface area contributed by atoms with Crippen LogP contribution in [0.2, 0.25) is 0 Å². The van der Waals surface area contributed by atoms with Crippen molar-refractivity contribution in [1.29, 1.82) is 0 Å². The van der Waals surface area contributed by atoms with Gasteiger partial charge in [-0.3, -0.25) is 0 Å². The summed E-state index contributed by atoms with van der Waals surface area (Å²) in [6.45, 7) is 4.76. The third-order valence-electron chi connectivity index (χ3n) is 9.94. The molecule has 2 heteroatoms. The Balaban J connectivity index is 1.46. The normalized spacial score (nSPS) is 14.0. The summed E-state index contributed by atoms with van der Waals surface area (Å²) in [6, 6.07) is 47.8. The predicted molar refractivity (Wildman–Crippen MR) is 186 cm³/mol. The summed E-state index contributed by atoms with van der Waals surface area (Å²) in [5, 5.41) is 10.6. The number of thiophene rings is 1. The predicted octanol–water partition coefficient (Wildman–Crippen LogP) is 11.8. The Hall–Kier alpha value is -4.92. The molecule has 2 heterocycles. The van der Waals surface area contributed by atoms with Crippen molar-refractivity contribution in [3.05, 3.63) is 139 Å². The number of fused-ring (bicyclic) bond motifs is 11. The average molecular weight is 566 g/mol. The lowest BCUT2D eigenvalue weighted by molar-refractivity contribution is 0.645. The zero-order valence-electron chi connectivity index (χ0n) is 24.0. The fourth-order valence-electron chi connectivity index (χ4n) is 8.01. The van der Waals surface area contributed by atoms with Crippen molar-refractivity contribution in [2.45, 2.75) is 19.3 Å². The van der Waals surface area contributed by atoms with E-state index in [0.717, 1.165) is 0 Å². The van der Waals surface area contributed by atoms with Gasteiger partial charge in [0.15, 0.2) is 0 Å². The second-order valence-electron chi connectivity index (χ2n) is 12.5. The summed E-state index contributed by atoms with van der Waals surface area (Å²) in [5.74, 6) is 0. The highest BCUT2D eigenvalue weighted by Crippen LogP contribution is 2.53. The number of rotatable bonds is 1. The second kappa shape index (κ2) is 8.12. The third kappa shape index (κ3) is 2.96. The monoisotopic (exact) mass is 565 g/mol. The minimum absolute atomic E-state index is 0.0765. The van der Waals surface area contributed by atoms with E-state index in [4.69, 9.17) is 0 Å². The van der Waals surface area contributed by atoms with Gasteiger partial charge in [-0.2, -0.15) is 0 Å². The summed E-state index contributed by atoms with van der Waals surface area (Å²) in [5.41, 5.74) is 9.21. The molecule has 0 amide bonds. The van der Waals surface area contributed by atoms with Crippen LogP contribution >= 0.6 is 11.3 Å². The maximum absolute atomic E-state index is 2.55. The molecule has 10 rings (SSSR count). The summed E-state index contributed by atoms with van der Waals surface area (Å²) in [4.78, 5) is 0. The fourth-order valence-corrected chi connectivity index (χ4v) is 9.10. The molecule has 0 atom stereocenters. The van der Waals surface area contributed by atoms with E-state index < -0.39 is 0 Å². The smallest absolute Gasteiger partial charge is 0.0619 e. The Kier molecular flexibility index (Phi) is 4.46. The van der Waals surface area contributed by atoms with E-state index in [-0.39, 0.29) is 5.41 Å². The van der Waals surface area contributed by atoms with Gasteiger partial charge in [0.25, 0.3) is 0 Å². The molecule has 0 aliphatic heterocycles. The van der Waals surface area contributed by atoms with Crippen LogP contribution in [0.1, 0.15) is 25.0 Å². The van der Waals surface area contributed by atoms with E-state index in [9.17, 15) is 0 Å². The van der Waals surface area contributed by atoms with E-state index >= 15 is 0 Å². The van der Waals surface area contributed by atoms with Crippen LogP contribution in [0.4, 0.5) is 0 Å². The molecule has 1 nitrogen and oxygen atoms in total. The topological polar surface area (TPSA) is 4.93 Å². The number of benzene rings is 7. The molecule has 202 valence electrons. The van der Waals surface area contributed by atoms with Gasteiger partial charge in [-0.05, 0) is 63.2 Å². The number of hydrogen-bond donors (Lipinski definition) is 0. The van der Waals surface area contributed by atoms with Crippen molar-refractivity contribution in [2.75, 3.05) is 0 Å². The van der Waals surface area contributed by atoms with Crippen molar-refractivity contribution in [2.24, 2.45) is 0 Å². The van der Waals surface area contributed by atoms with Gasteiger partial charge in [0.2, 0.25) is 0 Å². The van der Waals surface area contributed by atoms with Gasteiger partial charge in [0, 0.05) is 53.0 Å². The van der Waals surface area contributed by atoms with Crippen LogP contribution in [0.25, 0.3) is 80.3 Å². The van der Waals surface area contributed by atoms with E-state index in [0.29, 0.717) is 0 Å². The molecule has 0 unspecified atom stereocenters. The van der Waals surface area contributed by atoms with Crippen LogP contribution in [-0.4, -0.2) is 4.57 Å². The minimum Gasteiger partial charge on any atom is -0.309 e. The van der Waals surface area contributed by atoms with Crippen LogP contribution in [0.3, 0.4) is 0 Å². The molecule has 1 aliphatic carbocycles. The SMILES string of the molecule is CC1(C)c2ccccc2-c2c3c1cccc3cc1c2c2ccc3ccccc3c2n1-c1ccc2sc3ccccc3c2c1. The number of nitrogens with zero attached hydrogens (tertiary/aromatic N) is 1. The molecule has 2 aromatic heterocycles. The van der Waals surface area contributed by atoms with Crippen LogP contribution in [0.5, 0.6) is 0 Å². The zero-order valence-corrected chi connectivity index (χ0v) is 24.8. The first-order valence-corrected chi connectivity index (χ1v) is 15.8. The van der Waals surface area contributed by atoms with Crippen LogP contribution in [0, 0.1) is 0 Å². The molecule has 0 bridgehead atoms. The molecule has 9 aromatic rings. The lowest BCUT2D eigenvalue weighted by Gasteiger charge is -2.35. The summed E-state index contributed by atoms with van der Waals surface area (Å²) >= 11 is 1.88. The first kappa shape index (κ1) is 23.6. The zero-order chi connectivity index (χ0) is 28.4. The minimum atomic E-state index is -0.0765. The molecule has 0 radical (unpaired) electrons. The lowest BCUT2D eigenvalue weighted by Crippen LogP contribution is -2.23. The molecular formula is C41H27NS. The maximum Gasteiger partial charge on any atom is 0.0619 e. The van der Waals surface area contributed by atoms with Crippen molar-refractivity contribution in [3.8, 4) is 16.8 Å². The van der Waals surface area contributed by atoms with E-state index in [1.54, 1.807) is 0 Å². The first-order chi connectivity index (χ1) is 21.1. The molecular weight excluding hydrogens is 539 g/mol. The van der Waals surface area contributed by atoms with Crippen LogP contribution in [0.15, 0.2) is 127 Å². The first-order valence-electron chi connectivity index (χ1n) is 15.0. The van der Waals surface area contributed by atoms with Gasteiger partial charge in [-0.1, -0.05) is 111 Å². The van der Waals surface area contributed by atoms with Gasteiger partial charge in [0.05, 0.1) is 11.0 Å². The Morgan fingerprint density at radius 3 is 2.21 bits per heavy atom. The second-order valence-corrected chi connectivity index (χ2v) is 13.6. The average Bonchev–Trinajstić information content (AvgIpc) is 3.58. The number of hydrogen-bond acceptors (Lipinski definition) is 1. The Morgan fingerprint density at radius 2 is 1.28 bits per heavy atom. The van der Waals surface area contributed by atoms with Gasteiger partial charge >= 0.3 is 0 Å². The largest absolute Gasteiger partial charge is 0.309 e. The van der Waals surface area contributed by atoms with Gasteiger partial charge in [-0.25, -0.2) is 0 Å². The van der Waals surface area contributed by atoms with Gasteiger partial charge in [-0.15, -0.1) is 11.3 Å². The van der Waals surface area contributed by atoms with E-state index in [1.165, 1.54) is 91.5 Å². The summed E-state index contributed by atoms with van der Waals surface area (Å²) in [7, 11) is 0. The van der Waals surface area contributed by atoms with Crippen molar-refractivity contribution in [3.63, 3.8) is 0 Å². The lowest BCUT2D eigenvalue weighted by atomic mass is 9.68. The molecule has 0 N–H and O–H groups in total. The number of aromatic nitrogens is 1. The summed E-state index contributed by atoms with van der Waals surface area (Å²) in [6.07, 6.45) is 0. The maximum atomic E-state index is 2.55. The Bertz CT molecular complexity index is 2650. The third-order valence-corrected chi connectivity index (χ3v) is 11.1. The van der Waals surface area contributed by atoms with Crippen molar-refractivity contribution >= 4 is 74.9 Å². The fraction of sp³-hybridized carbons (Fsp3) is 0.0732. The van der Waals surface area contributed by atoms with E-state index in [1.807, 2.05) is 11.3 Å². The Morgan fingerprint density at radius 1 is 0.535 bits per heavy atom. The molecule has 0 saturated heterocycles. The molecule has 0 saturated carbocycles. The highest BCUT2D eigenvalue weighted by atomic mass is 32.1. The van der Waals surface area contributed by atoms with Crippen LogP contribution < -0.4 is 0 Å². The van der Waals surface area contributed by atoms with Gasteiger partial charge < -0.3 is 4.57 Å². The molecule has 1 aliphatic rings. The van der Waals surface area contributed by atoms with Gasteiger partial charge in [0.1, 0.15) is 0 Å². The quantitative estimate of drug-likeness (QED) is 0.187. The Labute approximate surface area is 253 Å². The standard InChI is InChI=1S/C41H27NS/c1-41(2)32-15-7-5-14-29(32)39-37-25(11-9-16-33(37)41)22-34-38(39)30-20-18-24-10-3-4-12-27(24)40(30)42(34)26-19-21-36-31(23-26)28-13-6-8-17-35(28)43-36/h3-23H,1-2H3. The highest BCUT2D eigenvalue weighted by molar-refractivity contribution is 7.25. The molecule has 7 aromatic carbocycles. The van der Waals surface area contributed by atoms with Crippen LogP contribution in [-0.2, 0) is 5.41 Å². The van der Waals surface area contributed by atoms with E-state index in [2.05, 4.69) is 146 Å². The molecule has 43 heavy (non-hydrogen) atoms. The van der Waals surface area contributed by atoms with Crippen molar-refractivity contribution < 1.29 is 0 Å². The molecule has 0 spiro atoms. The molecule has 0 fully saturated rings. The summed E-state index contributed by atoms with van der Waals surface area (Å²) < 4.78 is 5.21. The van der Waals surface area contributed by atoms with Crippen molar-refractivity contribution in [1.82, 2.24) is 4.57 Å². The highest BCUT2D eigenvalue weighted by Gasteiger charge is 2.35.